The Labute approximate surface area is 250 Å². The van der Waals surface area contributed by atoms with E-state index in [9.17, 15) is 19.8 Å². The zero-order valence-electron chi connectivity index (χ0n) is 27.4. The second kappa shape index (κ2) is 19.8. The second-order valence-corrected chi connectivity index (χ2v) is 13.7. The van der Waals surface area contributed by atoms with Gasteiger partial charge in [-0.15, -0.1) is 0 Å². The SMILES string of the molecule is CCCCC(O)(CCCC)C(C(N)=O)[N+](C)(C)C.CCCCC(O)(CCCC)C(C(N)=O)[N+](C)(C)C.O=S(=O)([O-])[O-]. The van der Waals surface area contributed by atoms with Crippen molar-refractivity contribution in [2.75, 3.05) is 42.3 Å². The van der Waals surface area contributed by atoms with Crippen molar-refractivity contribution in [3.63, 3.8) is 0 Å². The molecule has 2 amide bonds. The van der Waals surface area contributed by atoms with Gasteiger partial charge in [0.05, 0.1) is 42.3 Å². The number of quaternary nitrogens is 2. The van der Waals surface area contributed by atoms with Crippen LogP contribution in [0.4, 0.5) is 0 Å². The number of carbonyl (C=O) groups is 2. The Morgan fingerprint density at radius 3 is 0.902 bits per heavy atom. The van der Waals surface area contributed by atoms with Crippen LogP contribution in [0.1, 0.15) is 105 Å². The predicted octanol–water partition coefficient (Wildman–Crippen LogP) is 1.98. The molecule has 0 spiro atoms. The molecule has 0 aromatic heterocycles. The molecule has 248 valence electrons. The third kappa shape index (κ3) is 20.2. The molecule has 0 saturated heterocycles. The van der Waals surface area contributed by atoms with Crippen LogP contribution in [0, 0.1) is 0 Å². The highest BCUT2D eigenvalue weighted by Gasteiger charge is 2.49. The molecule has 0 rings (SSSR count). The van der Waals surface area contributed by atoms with Gasteiger partial charge >= 0.3 is 0 Å². The summed E-state index contributed by atoms with van der Waals surface area (Å²) in [4.78, 5) is 23.5. The Balaban J connectivity index is -0.000000604. The number of hydrogen-bond acceptors (Lipinski definition) is 8. The van der Waals surface area contributed by atoms with Gasteiger partial charge in [0.1, 0.15) is 11.2 Å². The van der Waals surface area contributed by atoms with Crippen LogP contribution in [0.25, 0.3) is 0 Å². The van der Waals surface area contributed by atoms with Crippen molar-refractivity contribution in [3.8, 4) is 0 Å². The largest absolute Gasteiger partial charge is 0.759 e. The molecule has 0 radical (unpaired) electrons. The fourth-order valence-corrected chi connectivity index (χ4v) is 5.46. The third-order valence-corrected chi connectivity index (χ3v) is 6.96. The van der Waals surface area contributed by atoms with Gasteiger partial charge in [-0.25, -0.2) is 0 Å². The maximum Gasteiger partial charge on any atom is 0.278 e. The standard InChI is InChI=1S/2C14H30N2O2.H2O4S/c2*1-6-8-10-14(18,11-9-7-2)12(13(15)17)16(3,4)5;1-5(2,3)4/h2*12,18H,6-11H2,1-5H3,(H-,15,17);(H2,1,2,3,4). The average molecular weight is 615 g/mol. The lowest BCUT2D eigenvalue weighted by Crippen LogP contribution is -2.64. The highest BCUT2D eigenvalue weighted by atomic mass is 32.3. The zero-order chi connectivity index (χ0) is 33.3. The summed E-state index contributed by atoms with van der Waals surface area (Å²) in [7, 11) is 6.32. The van der Waals surface area contributed by atoms with Crippen LogP contribution in [0.2, 0.25) is 0 Å². The zero-order valence-corrected chi connectivity index (χ0v) is 28.3. The Morgan fingerprint density at radius 1 is 0.634 bits per heavy atom. The topological polar surface area (TPSA) is 207 Å². The maximum atomic E-state index is 11.8. The highest BCUT2D eigenvalue weighted by molar-refractivity contribution is 7.79. The number of carbonyl (C=O) groups excluding carboxylic acids is 2. The van der Waals surface area contributed by atoms with E-state index in [0.717, 1.165) is 51.4 Å². The summed E-state index contributed by atoms with van der Waals surface area (Å²) in [6.07, 6.45) is 10.3. The molecule has 0 aliphatic carbocycles. The van der Waals surface area contributed by atoms with Crippen LogP contribution in [0.15, 0.2) is 0 Å². The van der Waals surface area contributed by atoms with E-state index >= 15 is 0 Å². The third-order valence-electron chi connectivity index (χ3n) is 6.96. The van der Waals surface area contributed by atoms with E-state index in [4.69, 9.17) is 29.0 Å². The first-order chi connectivity index (χ1) is 18.4. The fraction of sp³-hybridized carbons (Fsp3) is 0.929. The van der Waals surface area contributed by atoms with E-state index in [1.165, 1.54) is 0 Å². The summed E-state index contributed by atoms with van der Waals surface area (Å²) in [5.74, 6) is -0.811. The fourth-order valence-electron chi connectivity index (χ4n) is 5.46. The first-order valence-electron chi connectivity index (χ1n) is 14.7. The number of rotatable bonds is 18. The average Bonchev–Trinajstić information content (AvgIpc) is 2.76. The van der Waals surface area contributed by atoms with Gasteiger partial charge in [-0.2, -0.15) is 0 Å². The van der Waals surface area contributed by atoms with Crippen molar-refractivity contribution in [1.29, 1.82) is 0 Å². The molecule has 0 saturated carbocycles. The lowest BCUT2D eigenvalue weighted by molar-refractivity contribution is -0.894. The minimum atomic E-state index is -5.17. The molecule has 6 N–H and O–H groups in total. The Bertz CT molecular complexity index is 761. The molecular formula is C28H62N4O8S. The second-order valence-electron chi connectivity index (χ2n) is 12.9. The lowest BCUT2D eigenvalue weighted by Gasteiger charge is -2.42. The number of nitrogens with zero attached hydrogens (tertiary/aromatic N) is 2. The van der Waals surface area contributed by atoms with E-state index in [0.29, 0.717) is 34.6 Å². The first kappa shape index (κ1) is 44.1. The molecule has 13 heteroatoms. The van der Waals surface area contributed by atoms with Crippen molar-refractivity contribution in [1.82, 2.24) is 0 Å². The van der Waals surface area contributed by atoms with Gasteiger partial charge in [0.15, 0.2) is 12.1 Å². The molecule has 0 aromatic carbocycles. The number of nitrogens with two attached hydrogens (primary N) is 2. The summed E-state index contributed by atoms with van der Waals surface area (Å²) in [5, 5.41) is 21.8. The van der Waals surface area contributed by atoms with Crippen molar-refractivity contribution in [3.05, 3.63) is 0 Å². The quantitative estimate of drug-likeness (QED) is 0.102. The van der Waals surface area contributed by atoms with Crippen molar-refractivity contribution < 1.29 is 46.3 Å². The number of aliphatic hydroxyl groups is 2. The summed E-state index contributed by atoms with van der Waals surface area (Å²) in [6, 6.07) is -1.09. The molecule has 0 aliphatic rings. The lowest BCUT2D eigenvalue weighted by atomic mass is 9.82. The van der Waals surface area contributed by atoms with Gasteiger partial charge in [0, 0.05) is 10.4 Å². The summed E-state index contributed by atoms with van der Waals surface area (Å²) in [6.45, 7) is 8.36. The molecule has 0 aliphatic heterocycles. The molecular weight excluding hydrogens is 552 g/mol. The van der Waals surface area contributed by atoms with Gasteiger partial charge in [-0.05, 0) is 25.7 Å². The van der Waals surface area contributed by atoms with Crippen LogP contribution in [-0.4, -0.2) is 114 Å². The molecule has 0 fully saturated rings. The molecule has 2 unspecified atom stereocenters. The van der Waals surface area contributed by atoms with E-state index in [1.54, 1.807) is 0 Å². The van der Waals surface area contributed by atoms with Crippen LogP contribution in [0.3, 0.4) is 0 Å². The first-order valence-corrected chi connectivity index (χ1v) is 16.0. The minimum Gasteiger partial charge on any atom is -0.759 e. The molecule has 0 aromatic rings. The Hall–Kier alpha value is -1.35. The Morgan fingerprint density at radius 2 is 0.805 bits per heavy atom. The van der Waals surface area contributed by atoms with Crippen molar-refractivity contribution in [2.24, 2.45) is 11.5 Å². The van der Waals surface area contributed by atoms with Gasteiger partial charge in [-0.1, -0.05) is 79.1 Å². The minimum absolute atomic E-state index is 0.374. The molecule has 0 heterocycles. The van der Waals surface area contributed by atoms with E-state index in [-0.39, 0.29) is 0 Å². The van der Waals surface area contributed by atoms with Crippen LogP contribution in [0.5, 0.6) is 0 Å². The van der Waals surface area contributed by atoms with E-state index < -0.39 is 45.5 Å². The Kier molecular flexibility index (Phi) is 21.3. The van der Waals surface area contributed by atoms with Crippen LogP contribution in [-0.2, 0) is 20.0 Å². The molecule has 12 nitrogen and oxygen atoms in total. The molecule has 41 heavy (non-hydrogen) atoms. The number of hydrogen-bond donors (Lipinski definition) is 4. The van der Waals surface area contributed by atoms with Crippen molar-refractivity contribution in [2.45, 2.75) is 128 Å². The van der Waals surface area contributed by atoms with Crippen LogP contribution < -0.4 is 11.5 Å². The van der Waals surface area contributed by atoms with Gasteiger partial charge in [0.25, 0.3) is 11.8 Å². The molecule has 2 atom stereocenters. The summed E-state index contributed by atoms with van der Waals surface area (Å²) in [5.41, 5.74) is 9.12. The number of primary amides is 2. The van der Waals surface area contributed by atoms with Crippen LogP contribution >= 0.6 is 0 Å². The number of unbranched alkanes of at least 4 members (excludes halogenated alkanes) is 4. The van der Waals surface area contributed by atoms with Gasteiger partial charge in [0.2, 0.25) is 0 Å². The van der Waals surface area contributed by atoms with Gasteiger partial charge in [-0.3, -0.25) is 18.0 Å². The molecule has 0 bridgehead atoms. The summed E-state index contributed by atoms with van der Waals surface area (Å²) < 4.78 is 34.8. The number of amides is 2. The van der Waals surface area contributed by atoms with Crippen molar-refractivity contribution >= 4 is 22.2 Å². The predicted molar refractivity (Wildman–Crippen MR) is 161 cm³/mol. The maximum absolute atomic E-state index is 11.8. The highest BCUT2D eigenvalue weighted by Crippen LogP contribution is 2.31. The number of likely N-dealkylation sites (N-methyl/N-ethyl adjacent to an activating group) is 2. The summed E-state index contributed by atoms with van der Waals surface area (Å²) >= 11 is 0. The monoisotopic (exact) mass is 614 g/mol. The van der Waals surface area contributed by atoms with Gasteiger partial charge < -0.3 is 39.8 Å². The van der Waals surface area contributed by atoms with E-state index in [1.807, 2.05) is 42.3 Å². The van der Waals surface area contributed by atoms with E-state index in [2.05, 4.69) is 27.7 Å². The normalized spacial score (nSPS) is 14.2. The smallest absolute Gasteiger partial charge is 0.278 e.